The van der Waals surface area contributed by atoms with E-state index in [0.29, 0.717) is 13.0 Å². The van der Waals surface area contributed by atoms with Crippen LogP contribution in [0.3, 0.4) is 0 Å². The molecule has 130 valence electrons. The summed E-state index contributed by atoms with van der Waals surface area (Å²) in [5, 5.41) is 8.92. The maximum atomic E-state index is 12.8. The van der Waals surface area contributed by atoms with Crippen LogP contribution in [0.5, 0.6) is 0 Å². The lowest BCUT2D eigenvalue weighted by atomic mass is 10.0. The number of amides is 2. The lowest BCUT2D eigenvalue weighted by Gasteiger charge is -2.36. The number of piperidine rings is 1. The summed E-state index contributed by atoms with van der Waals surface area (Å²) in [4.78, 5) is 39.3. The molecule has 1 atom stereocenters. The van der Waals surface area contributed by atoms with Crippen molar-refractivity contribution in [2.45, 2.75) is 18.9 Å². The zero-order valence-electron chi connectivity index (χ0n) is 13.7. The Labute approximate surface area is 144 Å². The molecule has 0 bridgehead atoms. The molecule has 1 unspecified atom stereocenters. The smallest absolute Gasteiger partial charge is 0.338 e. The molecule has 25 heavy (non-hydrogen) atoms. The number of carbonyl (C=O) groups excluding carboxylic acids is 2. The van der Waals surface area contributed by atoms with E-state index >= 15 is 0 Å². The van der Waals surface area contributed by atoms with Crippen LogP contribution in [0.1, 0.15) is 33.8 Å². The Morgan fingerprint density at radius 1 is 1.28 bits per heavy atom. The SMILES string of the molecule is CN(C(=O)c1cc(C(=O)O)co1)C1CCCN(c2ccccc2)C1=O. The molecule has 2 aromatic rings. The van der Waals surface area contributed by atoms with Crippen molar-refractivity contribution in [1.82, 2.24) is 4.90 Å². The second-order valence-electron chi connectivity index (χ2n) is 5.90. The van der Waals surface area contributed by atoms with Gasteiger partial charge in [0, 0.05) is 25.3 Å². The minimum absolute atomic E-state index is 0.0930. The van der Waals surface area contributed by atoms with Gasteiger partial charge in [-0.3, -0.25) is 9.59 Å². The van der Waals surface area contributed by atoms with E-state index in [0.717, 1.165) is 18.4 Å². The number of likely N-dealkylation sites (N-methyl/N-ethyl adjacent to an activating group) is 1. The van der Waals surface area contributed by atoms with Gasteiger partial charge in [-0.15, -0.1) is 0 Å². The minimum Gasteiger partial charge on any atom is -0.478 e. The second-order valence-corrected chi connectivity index (χ2v) is 5.90. The molecule has 1 aliphatic rings. The summed E-state index contributed by atoms with van der Waals surface area (Å²) < 4.78 is 5.05. The van der Waals surface area contributed by atoms with Crippen LogP contribution in [0.2, 0.25) is 0 Å². The number of carbonyl (C=O) groups is 3. The highest BCUT2D eigenvalue weighted by Gasteiger charge is 2.35. The first-order valence-corrected chi connectivity index (χ1v) is 7.94. The molecule has 1 aromatic heterocycles. The maximum Gasteiger partial charge on any atom is 0.338 e. The molecule has 1 aromatic carbocycles. The molecule has 1 fully saturated rings. The predicted octanol–water partition coefficient (Wildman–Crippen LogP) is 2.25. The van der Waals surface area contributed by atoms with Crippen molar-refractivity contribution >= 4 is 23.5 Å². The van der Waals surface area contributed by atoms with Gasteiger partial charge in [-0.25, -0.2) is 4.79 Å². The van der Waals surface area contributed by atoms with Crippen LogP contribution in [0.15, 0.2) is 47.1 Å². The fourth-order valence-electron chi connectivity index (χ4n) is 2.96. The highest BCUT2D eigenvalue weighted by molar-refractivity contribution is 6.02. The monoisotopic (exact) mass is 342 g/mol. The van der Waals surface area contributed by atoms with E-state index < -0.39 is 17.9 Å². The number of hydrogen-bond donors (Lipinski definition) is 1. The van der Waals surface area contributed by atoms with E-state index in [2.05, 4.69) is 0 Å². The largest absolute Gasteiger partial charge is 0.478 e. The van der Waals surface area contributed by atoms with Gasteiger partial charge >= 0.3 is 5.97 Å². The van der Waals surface area contributed by atoms with Gasteiger partial charge < -0.3 is 19.3 Å². The summed E-state index contributed by atoms with van der Waals surface area (Å²) >= 11 is 0. The lowest BCUT2D eigenvalue weighted by molar-refractivity contribution is -0.124. The van der Waals surface area contributed by atoms with Gasteiger partial charge in [-0.1, -0.05) is 18.2 Å². The van der Waals surface area contributed by atoms with Gasteiger partial charge in [0.1, 0.15) is 12.3 Å². The van der Waals surface area contributed by atoms with Gasteiger partial charge in [-0.2, -0.15) is 0 Å². The van der Waals surface area contributed by atoms with Crippen molar-refractivity contribution in [2.75, 3.05) is 18.5 Å². The van der Waals surface area contributed by atoms with E-state index in [4.69, 9.17) is 9.52 Å². The Bertz CT molecular complexity index is 799. The number of furan rings is 1. The van der Waals surface area contributed by atoms with Crippen molar-refractivity contribution in [1.29, 1.82) is 0 Å². The van der Waals surface area contributed by atoms with Crippen LogP contribution in [-0.4, -0.2) is 47.4 Å². The van der Waals surface area contributed by atoms with Gasteiger partial charge in [0.2, 0.25) is 5.91 Å². The number of rotatable bonds is 4. The number of hydrogen-bond acceptors (Lipinski definition) is 4. The van der Waals surface area contributed by atoms with Crippen molar-refractivity contribution in [2.24, 2.45) is 0 Å². The molecule has 0 saturated carbocycles. The van der Waals surface area contributed by atoms with E-state index in [-0.39, 0.29) is 17.2 Å². The van der Waals surface area contributed by atoms with Crippen LogP contribution in [0.25, 0.3) is 0 Å². The van der Waals surface area contributed by atoms with Crippen LogP contribution in [0.4, 0.5) is 5.69 Å². The van der Waals surface area contributed by atoms with Gasteiger partial charge in [-0.05, 0) is 25.0 Å². The number of carboxylic acid groups (broad SMARTS) is 1. The van der Waals surface area contributed by atoms with Crippen LogP contribution in [-0.2, 0) is 4.79 Å². The Morgan fingerprint density at radius 2 is 2.00 bits per heavy atom. The van der Waals surface area contributed by atoms with Crippen LogP contribution >= 0.6 is 0 Å². The summed E-state index contributed by atoms with van der Waals surface area (Å²) in [6.45, 7) is 0.602. The van der Waals surface area contributed by atoms with E-state index in [1.165, 1.54) is 18.0 Å². The fourth-order valence-corrected chi connectivity index (χ4v) is 2.96. The molecule has 1 aliphatic heterocycles. The molecule has 7 heteroatoms. The summed E-state index contributed by atoms with van der Waals surface area (Å²) in [5.41, 5.74) is 0.696. The fraction of sp³-hybridized carbons (Fsp3) is 0.278. The molecular formula is C18H18N2O5. The normalized spacial score (nSPS) is 17.4. The van der Waals surface area contributed by atoms with E-state index in [9.17, 15) is 14.4 Å². The number of aromatic carboxylic acids is 1. The van der Waals surface area contributed by atoms with Crippen molar-refractivity contribution in [3.8, 4) is 0 Å². The molecule has 2 heterocycles. The van der Waals surface area contributed by atoms with Gasteiger partial charge in [0.25, 0.3) is 5.91 Å². The van der Waals surface area contributed by atoms with Crippen molar-refractivity contribution in [3.05, 3.63) is 54.0 Å². The maximum absolute atomic E-state index is 12.8. The Balaban J connectivity index is 1.78. The lowest BCUT2D eigenvalue weighted by Crippen LogP contribution is -2.53. The molecule has 7 nitrogen and oxygen atoms in total. The summed E-state index contributed by atoms with van der Waals surface area (Å²) in [5.74, 6) is -1.93. The number of nitrogens with zero attached hydrogens (tertiary/aromatic N) is 2. The summed E-state index contributed by atoms with van der Waals surface area (Å²) in [6, 6.07) is 9.86. The molecular weight excluding hydrogens is 324 g/mol. The quantitative estimate of drug-likeness (QED) is 0.920. The second kappa shape index (κ2) is 6.80. The van der Waals surface area contributed by atoms with Gasteiger partial charge in [0.05, 0.1) is 5.56 Å². The highest BCUT2D eigenvalue weighted by atomic mass is 16.4. The standard InChI is InChI=1S/C18H18N2O5/c1-19(17(22)15-10-12(11-25-15)18(23)24)14-8-5-9-20(16(14)21)13-6-3-2-4-7-13/h2-4,6-7,10-11,14H,5,8-9H2,1H3,(H,23,24). The van der Waals surface area contributed by atoms with Gasteiger partial charge in [0.15, 0.2) is 5.76 Å². The third-order valence-corrected chi connectivity index (χ3v) is 4.32. The summed E-state index contributed by atoms with van der Waals surface area (Å²) in [6.07, 6.45) is 2.33. The molecule has 2 amide bonds. The Kier molecular flexibility index (Phi) is 4.56. The van der Waals surface area contributed by atoms with Crippen LogP contribution < -0.4 is 4.90 Å². The molecule has 0 aliphatic carbocycles. The Hall–Kier alpha value is -3.09. The molecule has 3 rings (SSSR count). The van der Waals surface area contributed by atoms with Crippen molar-refractivity contribution < 1.29 is 23.9 Å². The van der Waals surface area contributed by atoms with E-state index in [1.807, 2.05) is 30.3 Å². The highest BCUT2D eigenvalue weighted by Crippen LogP contribution is 2.24. The number of carboxylic acids is 1. The number of para-hydroxylation sites is 1. The van der Waals surface area contributed by atoms with E-state index in [1.54, 1.807) is 4.90 Å². The zero-order valence-corrected chi connectivity index (χ0v) is 13.7. The van der Waals surface area contributed by atoms with Crippen molar-refractivity contribution in [3.63, 3.8) is 0 Å². The third-order valence-electron chi connectivity index (χ3n) is 4.32. The average Bonchev–Trinajstić information content (AvgIpc) is 3.12. The predicted molar refractivity (Wildman–Crippen MR) is 89.6 cm³/mol. The van der Waals surface area contributed by atoms with Crippen LogP contribution in [0, 0.1) is 0 Å². The Morgan fingerprint density at radius 3 is 2.64 bits per heavy atom. The third kappa shape index (κ3) is 3.26. The summed E-state index contributed by atoms with van der Waals surface area (Å²) in [7, 11) is 1.53. The average molecular weight is 342 g/mol. The first kappa shape index (κ1) is 16.8. The molecule has 1 N–H and O–H groups in total. The first-order chi connectivity index (χ1) is 12.0. The number of anilines is 1. The molecule has 0 spiro atoms. The molecule has 0 radical (unpaired) electrons. The molecule has 1 saturated heterocycles. The zero-order chi connectivity index (χ0) is 18.0. The topological polar surface area (TPSA) is 91.1 Å². The number of benzene rings is 1. The minimum atomic E-state index is -1.17. The first-order valence-electron chi connectivity index (χ1n) is 7.94.